The van der Waals surface area contributed by atoms with Gasteiger partial charge in [0.1, 0.15) is 22.2 Å². The second kappa shape index (κ2) is 15.0. The van der Waals surface area contributed by atoms with Crippen LogP contribution in [0.5, 0.6) is 11.5 Å². The number of aryl methyl sites for hydroxylation is 1. The minimum absolute atomic E-state index is 0.340. The molecule has 2 aliphatic rings. The molecule has 1 unspecified atom stereocenters. The molecule has 6 aromatic carbocycles. The Balaban J connectivity index is 0.971. The number of nitrogens with one attached hydrogen (secondary N) is 4. The molecule has 0 saturated carbocycles. The number of anilines is 2. The molecule has 0 bridgehead atoms. The molecule has 4 amide bonds. The van der Waals surface area contributed by atoms with E-state index >= 15 is 0 Å². The van der Waals surface area contributed by atoms with Crippen molar-refractivity contribution >= 4 is 34.1 Å². The molecular formula is C48H35N7O3S. The van der Waals surface area contributed by atoms with Crippen molar-refractivity contribution in [1.29, 1.82) is 0 Å². The lowest BCUT2D eigenvalue weighted by atomic mass is 9.95. The van der Waals surface area contributed by atoms with E-state index in [1.807, 2.05) is 153 Å². The zero-order valence-electron chi connectivity index (χ0n) is 31.6. The minimum atomic E-state index is -0.441. The van der Waals surface area contributed by atoms with Gasteiger partial charge in [-0.2, -0.15) is 0 Å². The smallest absolute Gasteiger partial charge is 0.320 e. The maximum absolute atomic E-state index is 13.9. The third kappa shape index (κ3) is 6.73. The van der Waals surface area contributed by atoms with Crippen LogP contribution in [0.15, 0.2) is 158 Å². The summed E-state index contributed by atoms with van der Waals surface area (Å²) in [6.45, 7) is 1.93. The van der Waals surface area contributed by atoms with Crippen LogP contribution in [0.1, 0.15) is 39.3 Å². The Labute approximate surface area is 344 Å². The molecule has 11 heteroatoms. The average molecular weight is 790 g/mol. The van der Waals surface area contributed by atoms with Crippen LogP contribution in [0, 0.1) is 6.92 Å². The molecule has 1 aliphatic carbocycles. The third-order valence-corrected chi connectivity index (χ3v) is 11.4. The predicted octanol–water partition coefficient (Wildman–Crippen LogP) is 11.2. The van der Waals surface area contributed by atoms with E-state index in [0.29, 0.717) is 33.7 Å². The first-order chi connectivity index (χ1) is 29.0. The highest BCUT2D eigenvalue weighted by Crippen LogP contribution is 2.48. The van der Waals surface area contributed by atoms with Gasteiger partial charge in [-0.3, -0.25) is 5.32 Å². The van der Waals surface area contributed by atoms with E-state index in [0.717, 1.165) is 60.8 Å². The summed E-state index contributed by atoms with van der Waals surface area (Å²) in [5.74, 6) is 1.86. The summed E-state index contributed by atoms with van der Waals surface area (Å²) in [7, 11) is 0. The van der Waals surface area contributed by atoms with Crippen molar-refractivity contribution in [2.45, 2.75) is 19.0 Å². The number of hydrogen-bond donors (Lipinski definition) is 4. The van der Waals surface area contributed by atoms with E-state index in [2.05, 4.69) is 27.3 Å². The second-order valence-electron chi connectivity index (χ2n) is 14.2. The molecule has 0 spiro atoms. The SMILES string of the molecule is Cc1nc(-c2ccccc2)c(NC(=O)NC2c3ccccc3-c3c(-c4ncc(NC(=O)NC5c6ccccc6Oc6ccccc65)c(-c5ccccc5)n4)cccc32)s1. The van der Waals surface area contributed by atoms with Gasteiger partial charge in [0.2, 0.25) is 0 Å². The number of aromatic nitrogens is 3. The fraction of sp³-hybridized carbons (Fsp3) is 0.0625. The van der Waals surface area contributed by atoms with E-state index in [9.17, 15) is 9.59 Å². The molecule has 10 rings (SSSR count). The normalized spacial score (nSPS) is 13.5. The van der Waals surface area contributed by atoms with Gasteiger partial charge in [-0.05, 0) is 41.3 Å². The Morgan fingerprint density at radius 1 is 0.559 bits per heavy atom. The summed E-state index contributed by atoms with van der Waals surface area (Å²) in [4.78, 5) is 42.4. The van der Waals surface area contributed by atoms with Gasteiger partial charge >= 0.3 is 12.1 Å². The van der Waals surface area contributed by atoms with Crippen molar-refractivity contribution in [2.24, 2.45) is 0 Å². The molecule has 0 fully saturated rings. The van der Waals surface area contributed by atoms with Crippen LogP contribution in [0.25, 0.3) is 45.0 Å². The summed E-state index contributed by atoms with van der Waals surface area (Å²) >= 11 is 1.44. The topological polar surface area (TPSA) is 130 Å². The van der Waals surface area contributed by atoms with Crippen molar-refractivity contribution in [3.05, 3.63) is 185 Å². The molecule has 3 heterocycles. The summed E-state index contributed by atoms with van der Waals surface area (Å²) in [5.41, 5.74) is 9.79. The fourth-order valence-corrected chi connectivity index (χ4v) is 8.78. The van der Waals surface area contributed by atoms with E-state index in [-0.39, 0.29) is 6.03 Å². The molecule has 8 aromatic rings. The van der Waals surface area contributed by atoms with Crippen LogP contribution in [0.4, 0.5) is 20.3 Å². The number of para-hydroxylation sites is 2. The van der Waals surface area contributed by atoms with E-state index in [1.54, 1.807) is 6.20 Å². The molecule has 1 atom stereocenters. The highest BCUT2D eigenvalue weighted by molar-refractivity contribution is 7.16. The van der Waals surface area contributed by atoms with Crippen LogP contribution >= 0.6 is 11.3 Å². The van der Waals surface area contributed by atoms with Crippen molar-refractivity contribution in [2.75, 3.05) is 10.6 Å². The number of amides is 4. The van der Waals surface area contributed by atoms with Crippen LogP contribution < -0.4 is 26.0 Å². The van der Waals surface area contributed by atoms with E-state index in [4.69, 9.17) is 19.7 Å². The number of carbonyl (C=O) groups is 2. The van der Waals surface area contributed by atoms with Crippen LogP contribution in [-0.4, -0.2) is 27.0 Å². The maximum Gasteiger partial charge on any atom is 0.320 e. The number of nitrogens with zero attached hydrogens (tertiary/aromatic N) is 3. The molecule has 59 heavy (non-hydrogen) atoms. The Morgan fingerprint density at radius 2 is 1.10 bits per heavy atom. The van der Waals surface area contributed by atoms with Crippen molar-refractivity contribution < 1.29 is 14.3 Å². The molecule has 2 aromatic heterocycles. The first-order valence-electron chi connectivity index (χ1n) is 19.2. The molecular weight excluding hydrogens is 755 g/mol. The molecule has 1 aliphatic heterocycles. The minimum Gasteiger partial charge on any atom is -0.457 e. The monoisotopic (exact) mass is 789 g/mol. The van der Waals surface area contributed by atoms with Gasteiger partial charge in [0, 0.05) is 27.8 Å². The predicted molar refractivity (Wildman–Crippen MR) is 232 cm³/mol. The maximum atomic E-state index is 13.9. The number of hydrogen-bond acceptors (Lipinski definition) is 7. The highest BCUT2D eigenvalue weighted by Gasteiger charge is 2.33. The number of urea groups is 2. The quantitative estimate of drug-likeness (QED) is 0.127. The molecule has 0 radical (unpaired) electrons. The van der Waals surface area contributed by atoms with Crippen molar-refractivity contribution in [1.82, 2.24) is 25.6 Å². The molecule has 0 saturated heterocycles. The van der Waals surface area contributed by atoms with Gasteiger partial charge in [-0.1, -0.05) is 140 Å². The molecule has 10 nitrogen and oxygen atoms in total. The first kappa shape index (κ1) is 35.8. The second-order valence-corrected chi connectivity index (χ2v) is 15.4. The zero-order valence-corrected chi connectivity index (χ0v) is 32.5. The van der Waals surface area contributed by atoms with Gasteiger partial charge in [0.05, 0.1) is 34.7 Å². The number of benzene rings is 6. The molecule has 286 valence electrons. The number of carbonyl (C=O) groups excluding carboxylic acids is 2. The standard InChI is InChI=1S/C48H35N7O3S/c1-28-50-42(30-17-6-3-7-18-30)46(59-28)55-48(57)53-43-32-20-9-8-19-31(32)40-35(43)23-14-24-36(40)45-49-27-37(41(52-45)29-15-4-2-5-16-29)51-47(56)54-44-33-21-10-12-25-38(33)58-39-26-13-11-22-34(39)44/h2-27,43-44H,1H3,(H2,51,54,56)(H2,53,55,57). The lowest BCUT2D eigenvalue weighted by Crippen LogP contribution is -2.34. The highest BCUT2D eigenvalue weighted by atomic mass is 32.1. The largest absolute Gasteiger partial charge is 0.457 e. The van der Waals surface area contributed by atoms with Crippen LogP contribution in [-0.2, 0) is 0 Å². The van der Waals surface area contributed by atoms with E-state index < -0.39 is 18.1 Å². The summed E-state index contributed by atoms with van der Waals surface area (Å²) in [6.07, 6.45) is 1.65. The summed E-state index contributed by atoms with van der Waals surface area (Å²) in [5, 5.41) is 14.1. The van der Waals surface area contributed by atoms with Gasteiger partial charge in [0.15, 0.2) is 5.82 Å². The fourth-order valence-electron chi connectivity index (χ4n) is 7.94. The van der Waals surface area contributed by atoms with Crippen molar-refractivity contribution in [3.63, 3.8) is 0 Å². The zero-order chi connectivity index (χ0) is 39.9. The molecule has 4 N–H and O–H groups in total. The lowest BCUT2D eigenvalue weighted by molar-refractivity contribution is 0.249. The number of fused-ring (bicyclic) bond motifs is 5. The van der Waals surface area contributed by atoms with Crippen LogP contribution in [0.2, 0.25) is 0 Å². The van der Waals surface area contributed by atoms with Gasteiger partial charge in [0.25, 0.3) is 0 Å². The Morgan fingerprint density at radius 3 is 1.80 bits per heavy atom. The lowest BCUT2D eigenvalue weighted by Gasteiger charge is -2.28. The average Bonchev–Trinajstić information content (AvgIpc) is 3.80. The number of thiazole rings is 1. The number of ether oxygens (including phenoxy) is 1. The third-order valence-electron chi connectivity index (χ3n) is 10.5. The Hall–Kier alpha value is -7.63. The summed E-state index contributed by atoms with van der Waals surface area (Å²) < 4.78 is 6.15. The summed E-state index contributed by atoms with van der Waals surface area (Å²) in [6, 6.07) is 47.4. The Kier molecular flexibility index (Phi) is 9.11. The number of rotatable bonds is 7. The first-order valence-corrected chi connectivity index (χ1v) is 20.0. The van der Waals surface area contributed by atoms with Gasteiger partial charge in [-0.25, -0.2) is 24.5 Å². The van der Waals surface area contributed by atoms with E-state index in [1.165, 1.54) is 11.3 Å². The van der Waals surface area contributed by atoms with Crippen LogP contribution in [0.3, 0.4) is 0 Å². The van der Waals surface area contributed by atoms with Gasteiger partial charge in [-0.15, -0.1) is 11.3 Å². The Bertz CT molecular complexity index is 2850. The van der Waals surface area contributed by atoms with Crippen molar-refractivity contribution in [3.8, 4) is 56.5 Å². The van der Waals surface area contributed by atoms with Gasteiger partial charge < -0.3 is 20.7 Å².